The third-order valence-electron chi connectivity index (χ3n) is 4.82. The van der Waals surface area contributed by atoms with Gasteiger partial charge >= 0.3 is 0 Å². The van der Waals surface area contributed by atoms with Crippen LogP contribution in [0.4, 0.5) is 0 Å². The molecule has 0 aliphatic heterocycles. The number of carbonyl (C=O) groups is 1. The van der Waals surface area contributed by atoms with E-state index in [1.165, 1.54) is 11.1 Å². The van der Waals surface area contributed by atoms with Crippen LogP contribution in [0.1, 0.15) is 38.5 Å². The lowest BCUT2D eigenvalue weighted by Crippen LogP contribution is -2.11. The minimum atomic E-state index is 0.0104. The average molecular weight is 348 g/mol. The Balaban J connectivity index is 1.88. The summed E-state index contributed by atoms with van der Waals surface area (Å²) in [6.07, 6.45) is 0. The van der Waals surface area contributed by atoms with Gasteiger partial charge in [0.25, 0.3) is 0 Å². The minimum Gasteiger partial charge on any atom is -0.289 e. The Morgan fingerprint density at radius 1 is 0.519 bits per heavy atom. The van der Waals surface area contributed by atoms with E-state index in [-0.39, 0.29) is 11.7 Å². The van der Waals surface area contributed by atoms with Crippen LogP contribution in [-0.4, -0.2) is 5.78 Å². The molecule has 4 aromatic rings. The summed E-state index contributed by atoms with van der Waals surface area (Å²) in [6.45, 7) is 0. The Morgan fingerprint density at radius 2 is 0.963 bits per heavy atom. The fourth-order valence-corrected chi connectivity index (χ4v) is 3.54. The first-order valence-electron chi connectivity index (χ1n) is 9.13. The molecule has 0 heterocycles. The topological polar surface area (TPSA) is 17.1 Å². The third kappa shape index (κ3) is 3.58. The Bertz CT molecular complexity index is 982. The lowest BCUT2D eigenvalue weighted by molar-refractivity contribution is 0.103. The highest BCUT2D eigenvalue weighted by atomic mass is 16.1. The van der Waals surface area contributed by atoms with E-state index in [1.54, 1.807) is 0 Å². The number of benzene rings is 4. The van der Waals surface area contributed by atoms with E-state index in [9.17, 15) is 4.79 Å². The SMILES string of the molecule is O=C(c1ccccc1)c1ccccc1C(c1ccccc1)c1ccccc1. The Hall–Kier alpha value is -3.45. The summed E-state index contributed by atoms with van der Waals surface area (Å²) < 4.78 is 0. The molecule has 0 unspecified atom stereocenters. The van der Waals surface area contributed by atoms with E-state index >= 15 is 0 Å². The molecule has 0 radical (unpaired) electrons. The Labute approximate surface area is 159 Å². The van der Waals surface area contributed by atoms with Crippen LogP contribution in [0.25, 0.3) is 0 Å². The molecule has 130 valence electrons. The van der Waals surface area contributed by atoms with Crippen molar-refractivity contribution >= 4 is 5.78 Å². The van der Waals surface area contributed by atoms with Gasteiger partial charge in [0.1, 0.15) is 0 Å². The smallest absolute Gasteiger partial charge is 0.193 e. The van der Waals surface area contributed by atoms with Crippen LogP contribution in [0.5, 0.6) is 0 Å². The molecule has 0 spiro atoms. The second-order valence-corrected chi connectivity index (χ2v) is 6.54. The molecular formula is C26H20O. The highest BCUT2D eigenvalue weighted by molar-refractivity contribution is 6.10. The monoisotopic (exact) mass is 348 g/mol. The highest BCUT2D eigenvalue weighted by Gasteiger charge is 2.22. The largest absolute Gasteiger partial charge is 0.289 e. The van der Waals surface area contributed by atoms with Crippen molar-refractivity contribution in [1.29, 1.82) is 0 Å². The molecule has 1 nitrogen and oxygen atoms in total. The van der Waals surface area contributed by atoms with Crippen molar-refractivity contribution in [2.24, 2.45) is 0 Å². The fraction of sp³-hybridized carbons (Fsp3) is 0.0385. The number of hydrogen-bond acceptors (Lipinski definition) is 1. The maximum absolute atomic E-state index is 13.2. The van der Waals surface area contributed by atoms with Gasteiger partial charge < -0.3 is 0 Å². The third-order valence-corrected chi connectivity index (χ3v) is 4.82. The van der Waals surface area contributed by atoms with Crippen molar-refractivity contribution in [2.75, 3.05) is 0 Å². The molecule has 0 saturated carbocycles. The van der Waals surface area contributed by atoms with Gasteiger partial charge in [0.15, 0.2) is 5.78 Å². The molecule has 4 rings (SSSR count). The molecule has 0 amide bonds. The highest BCUT2D eigenvalue weighted by Crippen LogP contribution is 2.34. The van der Waals surface area contributed by atoms with E-state index < -0.39 is 0 Å². The zero-order valence-electron chi connectivity index (χ0n) is 15.0. The molecule has 0 N–H and O–H groups in total. The fourth-order valence-electron chi connectivity index (χ4n) is 3.54. The predicted octanol–water partition coefficient (Wildman–Crippen LogP) is 6.10. The van der Waals surface area contributed by atoms with E-state index in [2.05, 4.69) is 30.3 Å². The van der Waals surface area contributed by atoms with Gasteiger partial charge in [0, 0.05) is 17.0 Å². The summed E-state index contributed by atoms with van der Waals surface area (Å²) in [5.41, 5.74) is 4.85. The Kier molecular flexibility index (Phi) is 4.93. The van der Waals surface area contributed by atoms with Crippen molar-refractivity contribution < 1.29 is 4.79 Å². The number of rotatable bonds is 5. The predicted molar refractivity (Wildman–Crippen MR) is 110 cm³/mol. The van der Waals surface area contributed by atoms with Crippen LogP contribution < -0.4 is 0 Å². The van der Waals surface area contributed by atoms with Gasteiger partial charge in [-0.2, -0.15) is 0 Å². The Morgan fingerprint density at radius 3 is 1.52 bits per heavy atom. The first-order chi connectivity index (χ1) is 13.3. The quantitative estimate of drug-likeness (QED) is 0.315. The molecule has 0 bridgehead atoms. The van der Waals surface area contributed by atoms with Crippen LogP contribution in [0.15, 0.2) is 115 Å². The van der Waals surface area contributed by atoms with Gasteiger partial charge in [-0.3, -0.25) is 4.79 Å². The van der Waals surface area contributed by atoms with Crippen molar-refractivity contribution in [1.82, 2.24) is 0 Å². The van der Waals surface area contributed by atoms with E-state index in [4.69, 9.17) is 0 Å². The van der Waals surface area contributed by atoms with Crippen LogP contribution in [0.3, 0.4) is 0 Å². The second-order valence-electron chi connectivity index (χ2n) is 6.54. The number of ketones is 1. The first kappa shape index (κ1) is 17.0. The molecule has 1 heteroatoms. The van der Waals surface area contributed by atoms with Crippen LogP contribution in [-0.2, 0) is 0 Å². The molecule has 4 aromatic carbocycles. The lowest BCUT2D eigenvalue weighted by Gasteiger charge is -2.21. The number of carbonyl (C=O) groups excluding carboxylic acids is 1. The summed E-state index contributed by atoms with van der Waals surface area (Å²) in [5.74, 6) is 0.0688. The molecule has 0 aliphatic carbocycles. The summed E-state index contributed by atoms with van der Waals surface area (Å²) in [4.78, 5) is 13.2. The van der Waals surface area contributed by atoms with Gasteiger partial charge in [-0.15, -0.1) is 0 Å². The van der Waals surface area contributed by atoms with Crippen LogP contribution >= 0.6 is 0 Å². The zero-order chi connectivity index (χ0) is 18.5. The minimum absolute atomic E-state index is 0.0104. The van der Waals surface area contributed by atoms with Gasteiger partial charge in [0.2, 0.25) is 0 Å². The van der Waals surface area contributed by atoms with Crippen LogP contribution in [0, 0.1) is 0 Å². The van der Waals surface area contributed by atoms with Crippen molar-refractivity contribution in [3.05, 3.63) is 143 Å². The summed E-state index contributed by atoms with van der Waals surface area (Å²) in [7, 11) is 0. The second kappa shape index (κ2) is 7.84. The summed E-state index contributed by atoms with van der Waals surface area (Å²) in [5, 5.41) is 0. The van der Waals surface area contributed by atoms with Gasteiger partial charge in [-0.25, -0.2) is 0 Å². The molecule has 0 fully saturated rings. The summed E-state index contributed by atoms with van der Waals surface area (Å²) >= 11 is 0. The molecular weight excluding hydrogens is 328 g/mol. The lowest BCUT2D eigenvalue weighted by atomic mass is 9.81. The van der Waals surface area contributed by atoms with Gasteiger partial charge in [-0.1, -0.05) is 115 Å². The van der Waals surface area contributed by atoms with Crippen molar-refractivity contribution in [3.63, 3.8) is 0 Å². The van der Waals surface area contributed by atoms with E-state index in [1.807, 2.05) is 84.9 Å². The zero-order valence-corrected chi connectivity index (χ0v) is 15.0. The molecule has 27 heavy (non-hydrogen) atoms. The first-order valence-corrected chi connectivity index (χ1v) is 9.13. The maximum Gasteiger partial charge on any atom is 0.193 e. The molecule has 0 aromatic heterocycles. The average Bonchev–Trinajstić information content (AvgIpc) is 2.76. The molecule has 0 atom stereocenters. The maximum atomic E-state index is 13.2. The standard InChI is InChI=1S/C26H20O/c27-26(22-16-8-3-9-17-22)24-19-11-10-18-23(24)25(20-12-4-1-5-13-20)21-14-6-2-7-15-21/h1-19,25H. The molecule has 0 aliphatic rings. The normalized spacial score (nSPS) is 10.7. The molecule has 0 saturated heterocycles. The van der Waals surface area contributed by atoms with Crippen molar-refractivity contribution in [3.8, 4) is 0 Å². The van der Waals surface area contributed by atoms with Gasteiger partial charge in [0.05, 0.1) is 0 Å². The summed E-state index contributed by atoms with van der Waals surface area (Å²) in [6, 6.07) is 38.2. The van der Waals surface area contributed by atoms with E-state index in [0.717, 1.165) is 11.1 Å². The van der Waals surface area contributed by atoms with Crippen molar-refractivity contribution in [2.45, 2.75) is 5.92 Å². The number of hydrogen-bond donors (Lipinski definition) is 0. The van der Waals surface area contributed by atoms with Crippen LogP contribution in [0.2, 0.25) is 0 Å². The van der Waals surface area contributed by atoms with Gasteiger partial charge in [-0.05, 0) is 16.7 Å². The van der Waals surface area contributed by atoms with E-state index in [0.29, 0.717) is 5.56 Å².